The number of hydrogen-bond acceptors (Lipinski definition) is 4. The molecule has 1 N–H and O–H groups in total. The van der Waals surface area contributed by atoms with Crippen molar-refractivity contribution in [2.75, 3.05) is 13.2 Å². The van der Waals surface area contributed by atoms with Gasteiger partial charge in [-0.15, -0.1) is 0 Å². The van der Waals surface area contributed by atoms with E-state index in [1.54, 1.807) is 0 Å². The van der Waals surface area contributed by atoms with Gasteiger partial charge < -0.3 is 4.74 Å². The van der Waals surface area contributed by atoms with Gasteiger partial charge in [0.05, 0.1) is 19.1 Å². The van der Waals surface area contributed by atoms with Gasteiger partial charge in [0.25, 0.3) is 0 Å². The second kappa shape index (κ2) is 4.20. The van der Waals surface area contributed by atoms with Gasteiger partial charge in [0.1, 0.15) is 5.82 Å². The lowest BCUT2D eigenvalue weighted by molar-refractivity contribution is 0.0781. The summed E-state index contributed by atoms with van der Waals surface area (Å²) >= 11 is 0. The molecule has 1 aromatic rings. The van der Waals surface area contributed by atoms with Gasteiger partial charge in [-0.05, 0) is 12.8 Å². The van der Waals surface area contributed by atoms with Crippen molar-refractivity contribution >= 4 is 0 Å². The van der Waals surface area contributed by atoms with Crippen molar-refractivity contribution in [3.63, 3.8) is 0 Å². The van der Waals surface area contributed by atoms with Gasteiger partial charge in [0, 0.05) is 12.5 Å². The summed E-state index contributed by atoms with van der Waals surface area (Å²) < 4.78 is 5.35. The van der Waals surface area contributed by atoms with Crippen molar-refractivity contribution in [1.82, 2.24) is 15.2 Å². The summed E-state index contributed by atoms with van der Waals surface area (Å²) in [7, 11) is 0. The molecule has 1 fully saturated rings. The van der Waals surface area contributed by atoms with Crippen molar-refractivity contribution in [2.24, 2.45) is 0 Å². The summed E-state index contributed by atoms with van der Waals surface area (Å²) in [6.07, 6.45) is 2.43. The Hall–Kier alpha value is -1.41. The van der Waals surface area contributed by atoms with Crippen molar-refractivity contribution in [2.45, 2.75) is 25.2 Å². The Balaban J connectivity index is 2.04. The molecule has 1 saturated heterocycles. The summed E-state index contributed by atoms with van der Waals surface area (Å²) in [5, 5.41) is 15.3. The maximum absolute atomic E-state index is 8.48. The van der Waals surface area contributed by atoms with Crippen LogP contribution in [0.3, 0.4) is 0 Å². The number of aromatic amines is 1. The molecular formula is C9H12N4O. The van der Waals surface area contributed by atoms with Crippen LogP contribution in [0.5, 0.6) is 0 Å². The molecule has 0 spiro atoms. The van der Waals surface area contributed by atoms with Gasteiger partial charge in [0.2, 0.25) is 0 Å². The molecule has 0 saturated carbocycles. The highest BCUT2D eigenvalue weighted by Crippen LogP contribution is 2.22. The zero-order valence-corrected chi connectivity index (χ0v) is 7.86. The first-order chi connectivity index (χ1) is 6.90. The molecule has 0 bridgehead atoms. The van der Waals surface area contributed by atoms with Crippen LogP contribution in [-0.2, 0) is 11.2 Å². The Morgan fingerprint density at radius 2 is 2.57 bits per heavy atom. The molecule has 5 heteroatoms. The molecule has 0 aliphatic carbocycles. The fourth-order valence-corrected chi connectivity index (χ4v) is 1.59. The summed E-state index contributed by atoms with van der Waals surface area (Å²) in [5.41, 5.74) is 0. The van der Waals surface area contributed by atoms with E-state index < -0.39 is 0 Å². The number of H-pyrrole nitrogens is 1. The minimum atomic E-state index is 0.292. The van der Waals surface area contributed by atoms with Crippen LogP contribution in [0.15, 0.2) is 0 Å². The Kier molecular flexibility index (Phi) is 2.75. The molecule has 1 atom stereocenters. The van der Waals surface area contributed by atoms with Crippen LogP contribution in [0.4, 0.5) is 0 Å². The second-order valence-electron chi connectivity index (χ2n) is 3.39. The minimum absolute atomic E-state index is 0.292. The van der Waals surface area contributed by atoms with Crippen LogP contribution in [0.2, 0.25) is 0 Å². The van der Waals surface area contributed by atoms with Gasteiger partial charge in [-0.3, -0.25) is 5.10 Å². The Bertz CT molecular complexity index is 335. The molecule has 74 valence electrons. The van der Waals surface area contributed by atoms with Crippen molar-refractivity contribution in [3.8, 4) is 6.07 Å². The molecule has 1 unspecified atom stereocenters. The zero-order valence-electron chi connectivity index (χ0n) is 7.86. The Morgan fingerprint density at radius 3 is 3.29 bits per heavy atom. The van der Waals surface area contributed by atoms with Crippen molar-refractivity contribution < 1.29 is 4.74 Å². The highest BCUT2D eigenvalue weighted by atomic mass is 16.5. The molecule has 0 amide bonds. The third-order valence-electron chi connectivity index (χ3n) is 2.32. The van der Waals surface area contributed by atoms with E-state index in [0.29, 0.717) is 24.8 Å². The number of aromatic nitrogens is 3. The van der Waals surface area contributed by atoms with E-state index >= 15 is 0 Å². The molecule has 0 radical (unpaired) electrons. The first-order valence-corrected chi connectivity index (χ1v) is 4.76. The average molecular weight is 192 g/mol. The minimum Gasteiger partial charge on any atom is -0.381 e. The van der Waals surface area contributed by atoms with E-state index in [2.05, 4.69) is 15.2 Å². The SMILES string of the molecule is N#CCc1nc(C2CCCOC2)n[nH]1. The smallest absolute Gasteiger partial charge is 0.156 e. The van der Waals surface area contributed by atoms with E-state index in [-0.39, 0.29) is 0 Å². The molecule has 1 aromatic heterocycles. The lowest BCUT2D eigenvalue weighted by Crippen LogP contribution is -2.16. The van der Waals surface area contributed by atoms with E-state index in [1.165, 1.54) is 0 Å². The largest absolute Gasteiger partial charge is 0.381 e. The first kappa shape index (κ1) is 9.16. The van der Waals surface area contributed by atoms with Crippen LogP contribution < -0.4 is 0 Å². The normalized spacial score (nSPS) is 21.8. The molecule has 2 heterocycles. The first-order valence-electron chi connectivity index (χ1n) is 4.76. The third-order valence-corrected chi connectivity index (χ3v) is 2.32. The van der Waals surface area contributed by atoms with Crippen LogP contribution in [0.25, 0.3) is 0 Å². The van der Waals surface area contributed by atoms with Gasteiger partial charge in [-0.2, -0.15) is 10.4 Å². The molecule has 1 aliphatic heterocycles. The Morgan fingerprint density at radius 1 is 1.64 bits per heavy atom. The standard InChI is InChI=1S/C9H12N4O/c10-4-3-8-11-9(13-12-8)7-2-1-5-14-6-7/h7H,1-3,5-6H2,(H,11,12,13). The van der Waals surface area contributed by atoms with Crippen LogP contribution >= 0.6 is 0 Å². The van der Waals surface area contributed by atoms with Gasteiger partial charge >= 0.3 is 0 Å². The summed E-state index contributed by atoms with van der Waals surface area (Å²) in [5.74, 6) is 1.73. The molecule has 5 nitrogen and oxygen atoms in total. The number of rotatable bonds is 2. The summed E-state index contributed by atoms with van der Waals surface area (Å²) in [4.78, 5) is 4.25. The monoisotopic (exact) mass is 192 g/mol. The van der Waals surface area contributed by atoms with Gasteiger partial charge in [0.15, 0.2) is 5.82 Å². The molecule has 2 rings (SSSR count). The van der Waals surface area contributed by atoms with Gasteiger partial charge in [-0.25, -0.2) is 4.98 Å². The highest BCUT2D eigenvalue weighted by molar-refractivity contribution is 5.02. The summed E-state index contributed by atoms with van der Waals surface area (Å²) in [6, 6.07) is 2.04. The predicted molar refractivity (Wildman–Crippen MR) is 48.5 cm³/mol. The topological polar surface area (TPSA) is 74.6 Å². The predicted octanol–water partition coefficient (Wildman–Crippen LogP) is 0.765. The average Bonchev–Trinajstić information content (AvgIpc) is 2.68. The lowest BCUT2D eigenvalue weighted by atomic mass is 10.0. The molecule has 1 aliphatic rings. The number of nitrogens with one attached hydrogen (secondary N) is 1. The fraction of sp³-hybridized carbons (Fsp3) is 0.667. The third kappa shape index (κ3) is 1.91. The maximum atomic E-state index is 8.48. The van der Waals surface area contributed by atoms with Crippen LogP contribution in [0.1, 0.15) is 30.4 Å². The van der Waals surface area contributed by atoms with E-state index in [4.69, 9.17) is 10.00 Å². The molecule has 14 heavy (non-hydrogen) atoms. The lowest BCUT2D eigenvalue weighted by Gasteiger charge is -2.18. The van der Waals surface area contributed by atoms with Crippen molar-refractivity contribution in [1.29, 1.82) is 5.26 Å². The van der Waals surface area contributed by atoms with Crippen molar-refractivity contribution in [3.05, 3.63) is 11.6 Å². The fourth-order valence-electron chi connectivity index (χ4n) is 1.59. The van der Waals surface area contributed by atoms with E-state index in [1.807, 2.05) is 6.07 Å². The Labute approximate surface area is 82.1 Å². The zero-order chi connectivity index (χ0) is 9.80. The quantitative estimate of drug-likeness (QED) is 0.750. The number of nitriles is 1. The van der Waals surface area contributed by atoms with E-state index in [0.717, 1.165) is 25.3 Å². The van der Waals surface area contributed by atoms with Gasteiger partial charge in [-0.1, -0.05) is 0 Å². The molecule has 0 aromatic carbocycles. The maximum Gasteiger partial charge on any atom is 0.156 e. The number of nitrogens with zero attached hydrogens (tertiary/aromatic N) is 3. The number of hydrogen-bond donors (Lipinski definition) is 1. The van der Waals surface area contributed by atoms with E-state index in [9.17, 15) is 0 Å². The second-order valence-corrected chi connectivity index (χ2v) is 3.39. The number of ether oxygens (including phenoxy) is 1. The molecular weight excluding hydrogens is 180 g/mol. The summed E-state index contributed by atoms with van der Waals surface area (Å²) in [6.45, 7) is 1.54. The highest BCUT2D eigenvalue weighted by Gasteiger charge is 2.19. The van der Waals surface area contributed by atoms with Crippen LogP contribution in [0, 0.1) is 11.3 Å². The van der Waals surface area contributed by atoms with Crippen LogP contribution in [-0.4, -0.2) is 28.4 Å².